The third-order valence-corrected chi connectivity index (χ3v) is 7.11. The van der Waals surface area contributed by atoms with Crippen LogP contribution in [0, 0.1) is 5.82 Å². The predicted molar refractivity (Wildman–Crippen MR) is 140 cm³/mol. The van der Waals surface area contributed by atoms with E-state index in [1.54, 1.807) is 0 Å². The van der Waals surface area contributed by atoms with E-state index in [0.29, 0.717) is 12.1 Å². The molecule has 3 atom stereocenters. The summed E-state index contributed by atoms with van der Waals surface area (Å²) in [7, 11) is 0. The number of benzene rings is 4. The number of aliphatic carboxylic acids is 1. The van der Waals surface area contributed by atoms with Crippen molar-refractivity contribution in [3.05, 3.63) is 113 Å². The lowest BCUT2D eigenvalue weighted by Crippen LogP contribution is -2.37. The molecular formula is C31H30FNO3. The standard InChI is InChI=1S/C31H30FNO3/c1-20(25-11-6-8-21-7-2-3-9-26(21)25)33-19-24-18-28(27-10-4-5-12-30(27)36-24)22-13-15-29(32)23(17-22)14-16-31(34)35/h2-13,15,17,20,24,28,33H,14,16,18-19H2,1H3,(H,34,35). The van der Waals surface area contributed by atoms with Crippen molar-refractivity contribution in [3.8, 4) is 5.75 Å². The second-order valence-corrected chi connectivity index (χ2v) is 9.51. The fourth-order valence-corrected chi connectivity index (χ4v) is 5.22. The van der Waals surface area contributed by atoms with Crippen LogP contribution in [0.3, 0.4) is 0 Å². The van der Waals surface area contributed by atoms with Crippen molar-refractivity contribution < 1.29 is 19.0 Å². The van der Waals surface area contributed by atoms with E-state index in [1.807, 2.05) is 30.3 Å². The minimum atomic E-state index is -0.928. The van der Waals surface area contributed by atoms with Gasteiger partial charge in [-0.15, -0.1) is 0 Å². The number of nitrogens with one attached hydrogen (secondary N) is 1. The Hall–Kier alpha value is -3.70. The molecule has 3 unspecified atom stereocenters. The smallest absolute Gasteiger partial charge is 0.303 e. The molecule has 0 bridgehead atoms. The number of para-hydroxylation sites is 1. The van der Waals surface area contributed by atoms with Crippen LogP contribution in [0.4, 0.5) is 4.39 Å². The summed E-state index contributed by atoms with van der Waals surface area (Å²) in [6.07, 6.45) is 0.766. The van der Waals surface area contributed by atoms with Crippen LogP contribution in [-0.4, -0.2) is 23.7 Å². The molecule has 5 rings (SSSR count). The number of carboxylic acids is 1. The van der Waals surface area contributed by atoms with Gasteiger partial charge in [0.05, 0.1) is 0 Å². The summed E-state index contributed by atoms with van der Waals surface area (Å²) in [5.74, 6) is -0.404. The summed E-state index contributed by atoms with van der Waals surface area (Å²) in [4.78, 5) is 11.0. The van der Waals surface area contributed by atoms with Crippen molar-refractivity contribution in [2.45, 2.75) is 44.2 Å². The number of halogens is 1. The minimum Gasteiger partial charge on any atom is -0.489 e. The number of carboxylic acid groups (broad SMARTS) is 1. The van der Waals surface area contributed by atoms with Gasteiger partial charge in [0.25, 0.3) is 0 Å². The molecule has 1 heterocycles. The molecule has 0 saturated carbocycles. The van der Waals surface area contributed by atoms with Gasteiger partial charge in [-0.05, 0) is 59.4 Å². The molecule has 0 amide bonds. The molecule has 0 saturated heterocycles. The lowest BCUT2D eigenvalue weighted by atomic mass is 9.83. The molecule has 0 radical (unpaired) electrons. The first kappa shape index (κ1) is 24.0. The molecular weight excluding hydrogens is 453 g/mol. The van der Waals surface area contributed by atoms with Crippen LogP contribution in [0.5, 0.6) is 5.75 Å². The van der Waals surface area contributed by atoms with Crippen molar-refractivity contribution in [1.82, 2.24) is 5.32 Å². The second kappa shape index (κ2) is 10.5. The van der Waals surface area contributed by atoms with Crippen LogP contribution in [0.25, 0.3) is 10.8 Å². The summed E-state index contributed by atoms with van der Waals surface area (Å²) in [6.45, 7) is 2.84. The highest BCUT2D eigenvalue weighted by Crippen LogP contribution is 2.41. The van der Waals surface area contributed by atoms with Gasteiger partial charge in [0.2, 0.25) is 0 Å². The molecule has 4 aromatic rings. The van der Waals surface area contributed by atoms with Crippen molar-refractivity contribution in [2.24, 2.45) is 0 Å². The second-order valence-electron chi connectivity index (χ2n) is 9.51. The van der Waals surface area contributed by atoms with Gasteiger partial charge in [-0.1, -0.05) is 72.8 Å². The zero-order valence-electron chi connectivity index (χ0n) is 20.3. The SMILES string of the molecule is CC(NCC1CC(c2ccc(F)c(CCC(=O)O)c2)c2ccccc2O1)c1cccc2ccccc12. The van der Waals surface area contributed by atoms with Crippen LogP contribution in [0.1, 0.15) is 54.0 Å². The summed E-state index contributed by atoms with van der Waals surface area (Å²) in [5, 5.41) is 15.2. The Morgan fingerprint density at radius 2 is 1.83 bits per heavy atom. The highest BCUT2D eigenvalue weighted by molar-refractivity contribution is 5.86. The summed E-state index contributed by atoms with van der Waals surface area (Å²) in [5.41, 5.74) is 3.76. The molecule has 0 aromatic heterocycles. The molecule has 1 aliphatic rings. The average molecular weight is 484 g/mol. The molecule has 0 fully saturated rings. The molecule has 1 aliphatic heterocycles. The third kappa shape index (κ3) is 5.12. The number of aryl methyl sites for hydroxylation is 1. The maximum absolute atomic E-state index is 14.4. The average Bonchev–Trinajstić information content (AvgIpc) is 2.90. The van der Waals surface area contributed by atoms with E-state index in [1.165, 1.54) is 22.4 Å². The van der Waals surface area contributed by atoms with Crippen LogP contribution in [-0.2, 0) is 11.2 Å². The van der Waals surface area contributed by atoms with Gasteiger partial charge in [-0.25, -0.2) is 4.39 Å². The normalized spacial score (nSPS) is 17.8. The van der Waals surface area contributed by atoms with Crippen molar-refractivity contribution >= 4 is 16.7 Å². The molecule has 0 spiro atoms. The highest BCUT2D eigenvalue weighted by atomic mass is 19.1. The first-order valence-corrected chi connectivity index (χ1v) is 12.5. The van der Waals surface area contributed by atoms with E-state index >= 15 is 0 Å². The number of ether oxygens (including phenoxy) is 1. The first-order chi connectivity index (χ1) is 17.5. The van der Waals surface area contributed by atoms with E-state index in [9.17, 15) is 9.18 Å². The Kier molecular flexibility index (Phi) is 7.01. The van der Waals surface area contributed by atoms with Gasteiger partial charge in [0.15, 0.2) is 0 Å². The number of carbonyl (C=O) groups is 1. The van der Waals surface area contributed by atoms with E-state index in [2.05, 4.69) is 60.8 Å². The number of rotatable bonds is 8. The van der Waals surface area contributed by atoms with E-state index in [4.69, 9.17) is 9.84 Å². The Bertz CT molecular complexity index is 1380. The summed E-state index contributed by atoms with van der Waals surface area (Å²) in [6, 6.07) is 28.0. The van der Waals surface area contributed by atoms with E-state index in [0.717, 1.165) is 23.3 Å². The molecule has 5 heteroatoms. The highest BCUT2D eigenvalue weighted by Gasteiger charge is 2.30. The summed E-state index contributed by atoms with van der Waals surface area (Å²) >= 11 is 0. The van der Waals surface area contributed by atoms with Gasteiger partial charge in [0, 0.05) is 30.5 Å². The topological polar surface area (TPSA) is 58.6 Å². The van der Waals surface area contributed by atoms with Gasteiger partial charge < -0.3 is 15.2 Å². The third-order valence-electron chi connectivity index (χ3n) is 7.11. The fourth-order valence-electron chi connectivity index (χ4n) is 5.22. The molecule has 4 nitrogen and oxygen atoms in total. The van der Waals surface area contributed by atoms with Crippen molar-refractivity contribution in [3.63, 3.8) is 0 Å². The van der Waals surface area contributed by atoms with Gasteiger partial charge in [-0.2, -0.15) is 0 Å². The van der Waals surface area contributed by atoms with Gasteiger partial charge >= 0.3 is 5.97 Å². The molecule has 36 heavy (non-hydrogen) atoms. The lowest BCUT2D eigenvalue weighted by Gasteiger charge is -2.33. The zero-order valence-corrected chi connectivity index (χ0v) is 20.3. The number of hydrogen-bond donors (Lipinski definition) is 2. The quantitative estimate of drug-likeness (QED) is 0.295. The largest absolute Gasteiger partial charge is 0.489 e. The van der Waals surface area contributed by atoms with E-state index < -0.39 is 5.97 Å². The van der Waals surface area contributed by atoms with Crippen LogP contribution in [0.15, 0.2) is 84.9 Å². The van der Waals surface area contributed by atoms with Crippen molar-refractivity contribution in [2.75, 3.05) is 6.54 Å². The lowest BCUT2D eigenvalue weighted by molar-refractivity contribution is -0.136. The molecule has 0 aliphatic carbocycles. The maximum Gasteiger partial charge on any atom is 0.303 e. The minimum absolute atomic E-state index is 0.0405. The maximum atomic E-state index is 14.4. The van der Waals surface area contributed by atoms with Crippen LogP contribution in [0.2, 0.25) is 0 Å². The zero-order chi connectivity index (χ0) is 25.1. The number of fused-ring (bicyclic) bond motifs is 2. The number of hydrogen-bond acceptors (Lipinski definition) is 3. The Labute approximate surface area is 210 Å². The first-order valence-electron chi connectivity index (χ1n) is 12.5. The van der Waals surface area contributed by atoms with Crippen molar-refractivity contribution in [1.29, 1.82) is 0 Å². The Balaban J connectivity index is 1.36. The van der Waals surface area contributed by atoms with Gasteiger partial charge in [-0.3, -0.25) is 4.79 Å². The van der Waals surface area contributed by atoms with Gasteiger partial charge in [0.1, 0.15) is 17.7 Å². The fraction of sp³-hybridized carbons (Fsp3) is 0.258. The Morgan fingerprint density at radius 3 is 2.69 bits per heavy atom. The molecule has 4 aromatic carbocycles. The monoisotopic (exact) mass is 483 g/mol. The predicted octanol–water partition coefficient (Wildman–Crippen LogP) is 6.63. The molecule has 184 valence electrons. The molecule has 2 N–H and O–H groups in total. The Morgan fingerprint density at radius 1 is 1.06 bits per heavy atom. The summed E-state index contributed by atoms with van der Waals surface area (Å²) < 4.78 is 20.8. The van der Waals surface area contributed by atoms with E-state index in [-0.39, 0.29) is 36.7 Å². The van der Waals surface area contributed by atoms with Crippen LogP contribution < -0.4 is 10.1 Å². The van der Waals surface area contributed by atoms with Crippen LogP contribution >= 0.6 is 0 Å².